The Bertz CT molecular complexity index is 2020. The van der Waals surface area contributed by atoms with Gasteiger partial charge in [-0.25, -0.2) is 0 Å². The zero-order chi connectivity index (χ0) is 24.0. The van der Waals surface area contributed by atoms with Gasteiger partial charge < -0.3 is 4.57 Å². The fraction of sp³-hybridized carbons (Fsp3) is 0.0857. The van der Waals surface area contributed by atoms with Crippen LogP contribution in [0.4, 0.5) is 0 Å². The van der Waals surface area contributed by atoms with Crippen LogP contribution in [0, 0.1) is 0 Å². The Morgan fingerprint density at radius 3 is 2.11 bits per heavy atom. The molecule has 0 saturated heterocycles. The van der Waals surface area contributed by atoms with E-state index in [9.17, 15) is 0 Å². The summed E-state index contributed by atoms with van der Waals surface area (Å²) >= 11 is 0. The molecule has 0 fully saturated rings. The second-order valence-electron chi connectivity index (χ2n) is 10.6. The van der Waals surface area contributed by atoms with Gasteiger partial charge in [-0.15, -0.1) is 0 Å². The number of hydrogen-bond donors (Lipinski definition) is 0. The SMILES string of the molecule is CC1(C)c2ccc3ccccc3c2-c2ccc3c(c21)c1ccccc1n3-c1ccc2ccccc2c1. The summed E-state index contributed by atoms with van der Waals surface area (Å²) in [6.07, 6.45) is 0. The van der Waals surface area contributed by atoms with E-state index in [0.717, 1.165) is 0 Å². The molecule has 0 N–H and O–H groups in total. The van der Waals surface area contributed by atoms with Crippen LogP contribution in [0.15, 0.2) is 115 Å². The lowest BCUT2D eigenvalue weighted by molar-refractivity contribution is 0.667. The van der Waals surface area contributed by atoms with Gasteiger partial charge in [-0.2, -0.15) is 0 Å². The molecule has 1 heteroatoms. The first-order valence-corrected chi connectivity index (χ1v) is 12.7. The van der Waals surface area contributed by atoms with Gasteiger partial charge in [0.15, 0.2) is 0 Å². The maximum Gasteiger partial charge on any atom is 0.0544 e. The lowest BCUT2D eigenvalue weighted by Gasteiger charge is -2.23. The molecule has 0 aliphatic heterocycles. The molecular formula is C35H25N. The van der Waals surface area contributed by atoms with Crippen molar-refractivity contribution in [2.45, 2.75) is 19.3 Å². The molecular weight excluding hydrogens is 434 g/mol. The molecule has 0 bridgehead atoms. The third kappa shape index (κ3) is 2.45. The summed E-state index contributed by atoms with van der Waals surface area (Å²) < 4.78 is 2.45. The minimum Gasteiger partial charge on any atom is -0.309 e. The highest BCUT2D eigenvalue weighted by atomic mass is 15.0. The summed E-state index contributed by atoms with van der Waals surface area (Å²) in [6, 6.07) is 42.5. The third-order valence-corrected chi connectivity index (χ3v) is 8.33. The Balaban J connectivity index is 1.52. The lowest BCUT2D eigenvalue weighted by Crippen LogP contribution is -2.15. The number of fused-ring (bicyclic) bond motifs is 10. The lowest BCUT2D eigenvalue weighted by atomic mass is 9.80. The predicted octanol–water partition coefficient (Wildman–Crippen LogP) is 9.40. The summed E-state index contributed by atoms with van der Waals surface area (Å²) in [7, 11) is 0. The number of benzene rings is 6. The summed E-state index contributed by atoms with van der Waals surface area (Å²) in [6.45, 7) is 4.79. The van der Waals surface area contributed by atoms with Crippen molar-refractivity contribution >= 4 is 43.4 Å². The van der Waals surface area contributed by atoms with Crippen LogP contribution in [0.3, 0.4) is 0 Å². The van der Waals surface area contributed by atoms with Gasteiger partial charge in [-0.1, -0.05) is 105 Å². The molecule has 0 radical (unpaired) electrons. The highest BCUT2D eigenvalue weighted by Crippen LogP contribution is 2.55. The molecule has 1 nitrogen and oxygen atoms in total. The van der Waals surface area contributed by atoms with Crippen LogP contribution in [-0.2, 0) is 5.41 Å². The van der Waals surface area contributed by atoms with Crippen molar-refractivity contribution < 1.29 is 0 Å². The number of para-hydroxylation sites is 1. The van der Waals surface area contributed by atoms with Crippen molar-refractivity contribution in [2.75, 3.05) is 0 Å². The largest absolute Gasteiger partial charge is 0.309 e. The molecule has 1 aromatic heterocycles. The van der Waals surface area contributed by atoms with Gasteiger partial charge in [-0.3, -0.25) is 0 Å². The molecule has 1 aliphatic carbocycles. The number of hydrogen-bond acceptors (Lipinski definition) is 0. The molecule has 0 spiro atoms. The number of aromatic nitrogens is 1. The van der Waals surface area contributed by atoms with Crippen molar-refractivity contribution in [1.82, 2.24) is 4.57 Å². The van der Waals surface area contributed by atoms with Gasteiger partial charge in [-0.05, 0) is 68.1 Å². The zero-order valence-corrected chi connectivity index (χ0v) is 20.4. The first-order chi connectivity index (χ1) is 17.6. The van der Waals surface area contributed by atoms with Crippen LogP contribution in [0.1, 0.15) is 25.0 Å². The topological polar surface area (TPSA) is 4.93 Å². The monoisotopic (exact) mass is 459 g/mol. The van der Waals surface area contributed by atoms with E-state index < -0.39 is 0 Å². The van der Waals surface area contributed by atoms with Crippen LogP contribution in [0.5, 0.6) is 0 Å². The van der Waals surface area contributed by atoms with Crippen molar-refractivity contribution in [1.29, 1.82) is 0 Å². The quantitative estimate of drug-likeness (QED) is 0.230. The van der Waals surface area contributed by atoms with Gasteiger partial charge in [0.05, 0.1) is 11.0 Å². The van der Waals surface area contributed by atoms with Crippen LogP contribution >= 0.6 is 0 Å². The third-order valence-electron chi connectivity index (χ3n) is 8.33. The van der Waals surface area contributed by atoms with E-state index in [1.165, 1.54) is 71.3 Å². The fourth-order valence-corrected chi connectivity index (χ4v) is 6.73. The maximum atomic E-state index is 2.45. The van der Waals surface area contributed by atoms with Gasteiger partial charge >= 0.3 is 0 Å². The smallest absolute Gasteiger partial charge is 0.0544 e. The second-order valence-corrected chi connectivity index (χ2v) is 10.6. The van der Waals surface area contributed by atoms with Crippen molar-refractivity contribution in [3.63, 3.8) is 0 Å². The molecule has 0 saturated carbocycles. The minimum absolute atomic E-state index is 0.0907. The van der Waals surface area contributed by atoms with E-state index in [1.54, 1.807) is 0 Å². The average Bonchev–Trinajstić information content (AvgIpc) is 3.37. The molecule has 8 rings (SSSR count). The highest BCUT2D eigenvalue weighted by Gasteiger charge is 2.39. The standard InChI is InChI=1S/C35H25N/c1-35(2)29-19-16-23-10-5-6-12-26(23)32(29)28-18-20-31-33(34(28)35)27-13-7-8-14-30(27)36(31)25-17-15-22-9-3-4-11-24(22)21-25/h3-21H,1-2H3. The van der Waals surface area contributed by atoms with Crippen LogP contribution in [0.25, 0.3) is 60.2 Å². The number of nitrogens with zero attached hydrogens (tertiary/aromatic N) is 1. The van der Waals surface area contributed by atoms with Crippen molar-refractivity contribution in [3.05, 3.63) is 126 Å². The predicted molar refractivity (Wildman–Crippen MR) is 153 cm³/mol. The van der Waals surface area contributed by atoms with E-state index in [0.29, 0.717) is 0 Å². The number of rotatable bonds is 1. The van der Waals surface area contributed by atoms with E-state index >= 15 is 0 Å². The van der Waals surface area contributed by atoms with Crippen LogP contribution in [-0.4, -0.2) is 4.57 Å². The molecule has 36 heavy (non-hydrogen) atoms. The van der Waals surface area contributed by atoms with Gasteiger partial charge in [0, 0.05) is 21.9 Å². The van der Waals surface area contributed by atoms with Crippen LogP contribution < -0.4 is 0 Å². The summed E-state index contributed by atoms with van der Waals surface area (Å²) in [5, 5.41) is 7.88. The molecule has 1 heterocycles. The molecule has 0 unspecified atom stereocenters. The van der Waals surface area contributed by atoms with Gasteiger partial charge in [0.2, 0.25) is 0 Å². The Morgan fingerprint density at radius 1 is 0.556 bits per heavy atom. The van der Waals surface area contributed by atoms with Crippen molar-refractivity contribution in [3.8, 4) is 16.8 Å². The molecule has 7 aromatic rings. The van der Waals surface area contributed by atoms with E-state index in [1.807, 2.05) is 0 Å². The minimum atomic E-state index is -0.0907. The highest BCUT2D eigenvalue weighted by molar-refractivity contribution is 6.16. The molecule has 6 aromatic carbocycles. The second kappa shape index (κ2) is 6.86. The summed E-state index contributed by atoms with van der Waals surface area (Å²) in [5.41, 5.74) is 9.29. The Hall–Kier alpha value is -4.36. The molecule has 0 atom stereocenters. The van der Waals surface area contributed by atoms with E-state index in [4.69, 9.17) is 0 Å². The first kappa shape index (κ1) is 19.9. The summed E-state index contributed by atoms with van der Waals surface area (Å²) in [5.74, 6) is 0. The first-order valence-electron chi connectivity index (χ1n) is 12.7. The van der Waals surface area contributed by atoms with Gasteiger partial charge in [0.25, 0.3) is 0 Å². The Kier molecular flexibility index (Phi) is 3.79. The van der Waals surface area contributed by atoms with Gasteiger partial charge in [0.1, 0.15) is 0 Å². The van der Waals surface area contributed by atoms with Crippen molar-refractivity contribution in [2.24, 2.45) is 0 Å². The summed E-state index contributed by atoms with van der Waals surface area (Å²) in [4.78, 5) is 0. The van der Waals surface area contributed by atoms with E-state index in [2.05, 4.69) is 134 Å². The Morgan fingerprint density at radius 2 is 1.25 bits per heavy atom. The average molecular weight is 460 g/mol. The molecule has 1 aliphatic rings. The normalized spacial score (nSPS) is 14.1. The Labute approximate surface area is 210 Å². The zero-order valence-electron chi connectivity index (χ0n) is 20.4. The fourth-order valence-electron chi connectivity index (χ4n) is 6.73. The van der Waals surface area contributed by atoms with E-state index in [-0.39, 0.29) is 5.41 Å². The maximum absolute atomic E-state index is 2.45. The molecule has 170 valence electrons. The molecule has 0 amide bonds. The van der Waals surface area contributed by atoms with Crippen LogP contribution in [0.2, 0.25) is 0 Å².